The van der Waals surface area contributed by atoms with Gasteiger partial charge >= 0.3 is 0 Å². The monoisotopic (exact) mass is 313 g/mol. The Balaban J connectivity index is 1.57. The summed E-state index contributed by atoms with van der Waals surface area (Å²) in [6.07, 6.45) is 4.97. The fraction of sp³-hybridized carbons (Fsp3) is 0.444. The molecule has 122 valence electrons. The predicted octanol–water partition coefficient (Wildman–Crippen LogP) is 2.17. The van der Waals surface area contributed by atoms with Gasteiger partial charge in [0.2, 0.25) is 5.91 Å². The third-order valence-electron chi connectivity index (χ3n) is 4.43. The van der Waals surface area contributed by atoms with E-state index in [-0.39, 0.29) is 5.91 Å². The first kappa shape index (κ1) is 15.6. The van der Waals surface area contributed by atoms with Crippen LogP contribution in [0.4, 0.5) is 0 Å². The van der Waals surface area contributed by atoms with Crippen molar-refractivity contribution in [2.45, 2.75) is 38.6 Å². The first-order valence-corrected chi connectivity index (χ1v) is 8.10. The molecular formula is C18H23N3O2. The van der Waals surface area contributed by atoms with Gasteiger partial charge in [-0.25, -0.2) is 4.98 Å². The number of hydrogen-bond donors (Lipinski definition) is 1. The van der Waals surface area contributed by atoms with Gasteiger partial charge in [0.05, 0.1) is 25.8 Å². The van der Waals surface area contributed by atoms with E-state index in [9.17, 15) is 4.79 Å². The molecule has 5 nitrogen and oxygen atoms in total. The fourth-order valence-corrected chi connectivity index (χ4v) is 3.07. The maximum atomic E-state index is 12.1. The van der Waals surface area contributed by atoms with Gasteiger partial charge in [-0.05, 0) is 43.4 Å². The largest absolute Gasteiger partial charge is 0.497 e. The highest BCUT2D eigenvalue weighted by Crippen LogP contribution is 2.21. The lowest BCUT2D eigenvalue weighted by Crippen LogP contribution is -2.26. The molecule has 0 saturated heterocycles. The van der Waals surface area contributed by atoms with Crippen LogP contribution in [0.5, 0.6) is 5.75 Å². The molecule has 1 aromatic carbocycles. The van der Waals surface area contributed by atoms with Gasteiger partial charge in [-0.15, -0.1) is 0 Å². The number of benzene rings is 1. The summed E-state index contributed by atoms with van der Waals surface area (Å²) in [6.45, 7) is 0.485. The summed E-state index contributed by atoms with van der Waals surface area (Å²) >= 11 is 0. The van der Waals surface area contributed by atoms with Crippen molar-refractivity contribution in [2.24, 2.45) is 7.05 Å². The highest BCUT2D eigenvalue weighted by atomic mass is 16.5. The maximum Gasteiger partial charge on any atom is 0.224 e. The Kier molecular flexibility index (Phi) is 4.65. The third kappa shape index (κ3) is 3.55. The number of aryl methyl sites for hydroxylation is 1. The minimum Gasteiger partial charge on any atom is -0.497 e. The van der Waals surface area contributed by atoms with E-state index in [0.717, 1.165) is 30.0 Å². The number of aromatic nitrogens is 2. The van der Waals surface area contributed by atoms with Crippen molar-refractivity contribution in [1.29, 1.82) is 0 Å². The summed E-state index contributed by atoms with van der Waals surface area (Å²) in [6, 6.07) is 7.57. The Morgan fingerprint density at radius 2 is 2.00 bits per heavy atom. The molecule has 0 saturated carbocycles. The van der Waals surface area contributed by atoms with E-state index in [1.54, 1.807) is 7.11 Å². The average Bonchev–Trinajstić information content (AvgIpc) is 2.90. The second kappa shape index (κ2) is 6.86. The Labute approximate surface area is 136 Å². The Morgan fingerprint density at radius 1 is 1.26 bits per heavy atom. The summed E-state index contributed by atoms with van der Waals surface area (Å²) in [5.74, 6) is 1.75. The van der Waals surface area contributed by atoms with Crippen molar-refractivity contribution in [3.63, 3.8) is 0 Å². The first-order valence-electron chi connectivity index (χ1n) is 8.10. The molecule has 1 aromatic heterocycles. The number of amides is 1. The summed E-state index contributed by atoms with van der Waals surface area (Å²) in [4.78, 5) is 16.8. The van der Waals surface area contributed by atoms with Crippen LogP contribution >= 0.6 is 0 Å². The number of ether oxygens (including phenoxy) is 1. The number of imidazole rings is 1. The van der Waals surface area contributed by atoms with Crippen LogP contribution in [0.2, 0.25) is 0 Å². The lowest BCUT2D eigenvalue weighted by molar-refractivity contribution is -0.120. The molecule has 1 heterocycles. The van der Waals surface area contributed by atoms with Crippen LogP contribution < -0.4 is 10.1 Å². The highest BCUT2D eigenvalue weighted by Gasteiger charge is 2.17. The fourth-order valence-electron chi connectivity index (χ4n) is 3.07. The number of fused-ring (bicyclic) bond motifs is 1. The van der Waals surface area contributed by atoms with Crippen molar-refractivity contribution in [2.75, 3.05) is 7.11 Å². The molecule has 1 N–H and O–H groups in total. The lowest BCUT2D eigenvalue weighted by Gasteiger charge is -2.11. The van der Waals surface area contributed by atoms with Gasteiger partial charge in [-0.3, -0.25) is 4.79 Å². The molecule has 23 heavy (non-hydrogen) atoms. The van der Waals surface area contributed by atoms with Gasteiger partial charge in [0.25, 0.3) is 0 Å². The number of nitrogens with one attached hydrogen (secondary N) is 1. The van der Waals surface area contributed by atoms with Crippen molar-refractivity contribution >= 4 is 5.91 Å². The molecule has 0 unspecified atom stereocenters. The SMILES string of the molecule is COc1ccc(CC(=O)NCc2nc3c(n2C)CCCC3)cc1. The highest BCUT2D eigenvalue weighted by molar-refractivity contribution is 5.78. The quantitative estimate of drug-likeness (QED) is 0.920. The number of methoxy groups -OCH3 is 1. The summed E-state index contributed by atoms with van der Waals surface area (Å²) < 4.78 is 7.26. The van der Waals surface area contributed by atoms with Crippen LogP contribution in [0.15, 0.2) is 24.3 Å². The predicted molar refractivity (Wildman–Crippen MR) is 88.4 cm³/mol. The molecule has 1 aliphatic rings. The second-order valence-corrected chi connectivity index (χ2v) is 5.99. The summed E-state index contributed by atoms with van der Waals surface area (Å²) in [5, 5.41) is 2.97. The molecule has 1 amide bonds. The van der Waals surface area contributed by atoms with E-state index >= 15 is 0 Å². The van der Waals surface area contributed by atoms with Crippen molar-refractivity contribution in [3.8, 4) is 5.75 Å². The molecule has 0 aliphatic heterocycles. The van der Waals surface area contributed by atoms with Gasteiger partial charge < -0.3 is 14.6 Å². The number of carbonyl (C=O) groups excluding carboxylic acids is 1. The average molecular weight is 313 g/mol. The van der Waals surface area contributed by atoms with Gasteiger partial charge in [0.1, 0.15) is 11.6 Å². The zero-order chi connectivity index (χ0) is 16.2. The number of rotatable bonds is 5. The standard InChI is InChI=1S/C18H23N3O2/c1-21-16-6-4-3-5-15(16)20-17(21)12-19-18(22)11-13-7-9-14(23-2)10-8-13/h7-10H,3-6,11-12H2,1-2H3,(H,19,22). The number of nitrogens with zero attached hydrogens (tertiary/aromatic N) is 2. The summed E-state index contributed by atoms with van der Waals surface area (Å²) in [7, 11) is 3.68. The van der Waals surface area contributed by atoms with E-state index in [0.29, 0.717) is 13.0 Å². The zero-order valence-electron chi connectivity index (χ0n) is 13.8. The molecule has 3 rings (SSSR count). The molecule has 1 aliphatic carbocycles. The van der Waals surface area contributed by atoms with Gasteiger partial charge in [-0.1, -0.05) is 12.1 Å². The van der Waals surface area contributed by atoms with Crippen LogP contribution in [0, 0.1) is 0 Å². The van der Waals surface area contributed by atoms with Crippen LogP contribution in [-0.4, -0.2) is 22.6 Å². The molecule has 0 bridgehead atoms. The van der Waals surface area contributed by atoms with Gasteiger partial charge in [0, 0.05) is 12.7 Å². The Hall–Kier alpha value is -2.30. The molecule has 5 heteroatoms. The molecule has 0 atom stereocenters. The van der Waals surface area contributed by atoms with Crippen molar-refractivity contribution < 1.29 is 9.53 Å². The van der Waals surface area contributed by atoms with E-state index in [4.69, 9.17) is 4.74 Å². The smallest absolute Gasteiger partial charge is 0.224 e. The molecule has 2 aromatic rings. The minimum atomic E-state index is 0.0103. The Bertz CT molecular complexity index is 689. The molecule has 0 spiro atoms. The van der Waals surface area contributed by atoms with Crippen molar-refractivity contribution in [3.05, 3.63) is 47.0 Å². The van der Waals surface area contributed by atoms with E-state index < -0.39 is 0 Å². The van der Waals surface area contributed by atoms with Crippen LogP contribution in [-0.2, 0) is 37.6 Å². The van der Waals surface area contributed by atoms with E-state index in [1.165, 1.54) is 24.2 Å². The van der Waals surface area contributed by atoms with Gasteiger partial charge in [0.15, 0.2) is 0 Å². The van der Waals surface area contributed by atoms with Crippen LogP contribution in [0.3, 0.4) is 0 Å². The zero-order valence-corrected chi connectivity index (χ0v) is 13.8. The molecule has 0 fully saturated rings. The normalized spacial score (nSPS) is 13.5. The second-order valence-electron chi connectivity index (χ2n) is 5.99. The van der Waals surface area contributed by atoms with Gasteiger partial charge in [-0.2, -0.15) is 0 Å². The summed E-state index contributed by atoms with van der Waals surface area (Å²) in [5.41, 5.74) is 3.51. The molecule has 0 radical (unpaired) electrons. The lowest BCUT2D eigenvalue weighted by atomic mass is 10.0. The first-order chi connectivity index (χ1) is 11.2. The van der Waals surface area contributed by atoms with E-state index in [2.05, 4.69) is 14.9 Å². The maximum absolute atomic E-state index is 12.1. The minimum absolute atomic E-state index is 0.0103. The molecular weight excluding hydrogens is 290 g/mol. The van der Waals surface area contributed by atoms with E-state index in [1.807, 2.05) is 31.3 Å². The topological polar surface area (TPSA) is 56.1 Å². The number of carbonyl (C=O) groups is 1. The Morgan fingerprint density at radius 3 is 2.70 bits per heavy atom. The number of hydrogen-bond acceptors (Lipinski definition) is 3. The van der Waals surface area contributed by atoms with Crippen LogP contribution in [0.25, 0.3) is 0 Å². The van der Waals surface area contributed by atoms with Crippen molar-refractivity contribution in [1.82, 2.24) is 14.9 Å². The third-order valence-corrected chi connectivity index (χ3v) is 4.43. The van der Waals surface area contributed by atoms with Crippen LogP contribution in [0.1, 0.15) is 35.6 Å².